The van der Waals surface area contributed by atoms with Gasteiger partial charge in [-0.1, -0.05) is 0 Å². The second-order valence-corrected chi connectivity index (χ2v) is 5.04. The van der Waals surface area contributed by atoms with Gasteiger partial charge in [-0.25, -0.2) is 0 Å². The maximum atomic E-state index is 12.0. The third-order valence-corrected chi connectivity index (χ3v) is 3.16. The molecule has 0 saturated carbocycles. The summed E-state index contributed by atoms with van der Waals surface area (Å²) in [6.45, 7) is 1.50. The molecule has 0 unspecified atom stereocenters. The number of hydrogen-bond donors (Lipinski definition) is 1. The van der Waals surface area contributed by atoms with E-state index < -0.39 is 4.92 Å². The van der Waals surface area contributed by atoms with Gasteiger partial charge in [0.15, 0.2) is 0 Å². The van der Waals surface area contributed by atoms with Crippen molar-refractivity contribution in [1.29, 1.82) is 0 Å². The Balaban J connectivity index is 3.09. The molecule has 1 aromatic carbocycles. The molecule has 0 bridgehead atoms. The Morgan fingerprint density at radius 2 is 2.00 bits per heavy atom. The molecule has 0 radical (unpaired) electrons. The Bertz CT molecular complexity index is 517. The zero-order valence-electron chi connectivity index (χ0n) is 12.9. The maximum Gasteiger partial charge on any atom is 0.292 e. The Kier molecular flexibility index (Phi) is 6.10. The summed E-state index contributed by atoms with van der Waals surface area (Å²) in [6.07, 6.45) is 0.857. The topological polar surface area (TPSA) is 78.7 Å². The third kappa shape index (κ3) is 4.42. The van der Waals surface area contributed by atoms with Crippen LogP contribution in [0, 0.1) is 10.1 Å². The second-order valence-electron chi connectivity index (χ2n) is 5.04. The fourth-order valence-corrected chi connectivity index (χ4v) is 1.99. The summed E-state index contributed by atoms with van der Waals surface area (Å²) in [5.41, 5.74) is 0.919. The van der Waals surface area contributed by atoms with Crippen molar-refractivity contribution >= 4 is 17.3 Å². The van der Waals surface area contributed by atoms with Crippen LogP contribution in [0.3, 0.4) is 0 Å². The number of anilines is 1. The quantitative estimate of drug-likeness (QED) is 0.466. The number of rotatable bonds is 7. The molecule has 0 aliphatic rings. The molecule has 0 aliphatic heterocycles. The monoisotopic (exact) mass is 294 g/mol. The van der Waals surface area contributed by atoms with E-state index >= 15 is 0 Å². The van der Waals surface area contributed by atoms with E-state index in [1.807, 2.05) is 11.9 Å². The lowest BCUT2D eigenvalue weighted by Gasteiger charge is -2.20. The van der Waals surface area contributed by atoms with Gasteiger partial charge in [-0.05, 0) is 32.1 Å². The molecule has 0 spiro atoms. The summed E-state index contributed by atoms with van der Waals surface area (Å²) in [5.74, 6) is -0.172. The highest BCUT2D eigenvalue weighted by Gasteiger charge is 2.20. The third-order valence-electron chi connectivity index (χ3n) is 3.16. The van der Waals surface area contributed by atoms with Gasteiger partial charge in [-0.15, -0.1) is 0 Å². The van der Waals surface area contributed by atoms with Gasteiger partial charge in [0.05, 0.1) is 4.92 Å². The largest absolute Gasteiger partial charge is 0.369 e. The summed E-state index contributed by atoms with van der Waals surface area (Å²) in [7, 11) is 6.96. The van der Waals surface area contributed by atoms with Crippen LogP contribution in [0.1, 0.15) is 16.8 Å². The number of nitro groups is 1. The standard InChI is InChI=1S/C14H22N4O3/c1-15-8-5-9-17(4)13-10-11(14(19)16(2)3)6-7-12(13)18(20)21/h6-7,10,15H,5,8-9H2,1-4H3. The van der Waals surface area contributed by atoms with E-state index in [-0.39, 0.29) is 11.6 Å². The number of amides is 1. The van der Waals surface area contributed by atoms with Crippen molar-refractivity contribution in [3.63, 3.8) is 0 Å². The first kappa shape index (κ1) is 16.9. The van der Waals surface area contributed by atoms with E-state index in [0.29, 0.717) is 17.8 Å². The summed E-state index contributed by atoms with van der Waals surface area (Å²) in [6, 6.07) is 4.46. The van der Waals surface area contributed by atoms with Crippen molar-refractivity contribution in [3.8, 4) is 0 Å². The van der Waals surface area contributed by atoms with Crippen LogP contribution in [0.2, 0.25) is 0 Å². The molecule has 116 valence electrons. The zero-order chi connectivity index (χ0) is 16.0. The highest BCUT2D eigenvalue weighted by atomic mass is 16.6. The fourth-order valence-electron chi connectivity index (χ4n) is 1.99. The zero-order valence-corrected chi connectivity index (χ0v) is 12.9. The van der Waals surface area contributed by atoms with Gasteiger partial charge in [0, 0.05) is 39.3 Å². The summed E-state index contributed by atoms with van der Waals surface area (Å²) in [5, 5.41) is 14.2. The number of benzene rings is 1. The second kappa shape index (κ2) is 7.58. The van der Waals surface area contributed by atoms with E-state index in [1.54, 1.807) is 27.2 Å². The first-order chi connectivity index (χ1) is 9.88. The van der Waals surface area contributed by atoms with Crippen LogP contribution in [0.4, 0.5) is 11.4 Å². The average molecular weight is 294 g/mol. The number of hydrogen-bond acceptors (Lipinski definition) is 5. The Hall–Kier alpha value is -2.15. The molecule has 1 N–H and O–H groups in total. The van der Waals surface area contributed by atoms with Crippen LogP contribution in [-0.4, -0.2) is 57.0 Å². The van der Waals surface area contributed by atoms with Gasteiger partial charge in [-0.2, -0.15) is 0 Å². The average Bonchev–Trinajstić information content (AvgIpc) is 2.45. The predicted molar refractivity (Wildman–Crippen MR) is 82.9 cm³/mol. The normalized spacial score (nSPS) is 10.3. The molecule has 7 heteroatoms. The van der Waals surface area contributed by atoms with Gasteiger partial charge in [0.2, 0.25) is 0 Å². The molecule has 1 amide bonds. The van der Waals surface area contributed by atoms with E-state index in [2.05, 4.69) is 5.32 Å². The van der Waals surface area contributed by atoms with Crippen molar-refractivity contribution in [3.05, 3.63) is 33.9 Å². The van der Waals surface area contributed by atoms with E-state index in [9.17, 15) is 14.9 Å². The van der Waals surface area contributed by atoms with Crippen molar-refractivity contribution in [1.82, 2.24) is 10.2 Å². The minimum Gasteiger partial charge on any atom is -0.369 e. The fraction of sp³-hybridized carbons (Fsp3) is 0.500. The Morgan fingerprint density at radius 1 is 1.33 bits per heavy atom. The predicted octanol–water partition coefficient (Wildman–Crippen LogP) is 1.34. The summed E-state index contributed by atoms with van der Waals surface area (Å²) >= 11 is 0. The number of carbonyl (C=O) groups is 1. The number of nitrogens with one attached hydrogen (secondary N) is 1. The highest BCUT2D eigenvalue weighted by Crippen LogP contribution is 2.29. The molecular formula is C14H22N4O3. The molecule has 1 aromatic rings. The van der Waals surface area contributed by atoms with Gasteiger partial charge in [0.1, 0.15) is 5.69 Å². The van der Waals surface area contributed by atoms with Crippen molar-refractivity contribution in [2.75, 3.05) is 46.2 Å². The highest BCUT2D eigenvalue weighted by molar-refractivity contribution is 5.95. The van der Waals surface area contributed by atoms with Crippen LogP contribution in [-0.2, 0) is 0 Å². The molecule has 21 heavy (non-hydrogen) atoms. The molecule has 7 nitrogen and oxygen atoms in total. The minimum absolute atomic E-state index is 0.0114. The molecule has 0 fully saturated rings. The van der Waals surface area contributed by atoms with E-state index in [1.165, 1.54) is 17.0 Å². The van der Waals surface area contributed by atoms with Crippen LogP contribution < -0.4 is 10.2 Å². The van der Waals surface area contributed by atoms with Gasteiger partial charge >= 0.3 is 0 Å². The number of carbonyl (C=O) groups excluding carboxylic acids is 1. The van der Waals surface area contributed by atoms with Crippen LogP contribution in [0.15, 0.2) is 18.2 Å². The minimum atomic E-state index is -0.423. The first-order valence-electron chi connectivity index (χ1n) is 6.74. The van der Waals surface area contributed by atoms with Gasteiger partial charge in [0.25, 0.3) is 11.6 Å². The molecule has 1 rings (SSSR count). The van der Waals surface area contributed by atoms with Crippen molar-refractivity contribution < 1.29 is 9.72 Å². The van der Waals surface area contributed by atoms with Gasteiger partial charge < -0.3 is 15.1 Å². The van der Waals surface area contributed by atoms with Crippen LogP contribution in [0.25, 0.3) is 0 Å². The van der Waals surface area contributed by atoms with Crippen molar-refractivity contribution in [2.45, 2.75) is 6.42 Å². The maximum absolute atomic E-state index is 12.0. The van der Waals surface area contributed by atoms with Crippen molar-refractivity contribution in [2.24, 2.45) is 0 Å². The Labute approximate surface area is 124 Å². The first-order valence-corrected chi connectivity index (χ1v) is 6.74. The summed E-state index contributed by atoms with van der Waals surface area (Å²) < 4.78 is 0. The van der Waals surface area contributed by atoms with Gasteiger partial charge in [-0.3, -0.25) is 14.9 Å². The lowest BCUT2D eigenvalue weighted by molar-refractivity contribution is -0.384. The SMILES string of the molecule is CNCCCN(C)c1cc(C(=O)N(C)C)ccc1[N+](=O)[O-]. The molecular weight excluding hydrogens is 272 g/mol. The molecule has 0 saturated heterocycles. The molecule has 0 heterocycles. The van der Waals surface area contributed by atoms with Crippen LogP contribution >= 0.6 is 0 Å². The Morgan fingerprint density at radius 3 is 2.52 bits per heavy atom. The number of nitrogens with zero attached hydrogens (tertiary/aromatic N) is 3. The van der Waals surface area contributed by atoms with E-state index in [0.717, 1.165) is 13.0 Å². The lowest BCUT2D eigenvalue weighted by Crippen LogP contribution is -2.25. The van der Waals surface area contributed by atoms with Crippen LogP contribution in [0.5, 0.6) is 0 Å². The molecule has 0 atom stereocenters. The molecule has 0 aromatic heterocycles. The summed E-state index contributed by atoms with van der Waals surface area (Å²) in [4.78, 5) is 26.0. The lowest BCUT2D eigenvalue weighted by atomic mass is 10.1. The van der Waals surface area contributed by atoms with E-state index in [4.69, 9.17) is 0 Å². The molecule has 0 aliphatic carbocycles. The number of nitro benzene ring substituents is 1. The smallest absolute Gasteiger partial charge is 0.292 e.